The summed E-state index contributed by atoms with van der Waals surface area (Å²) in [6, 6.07) is 24.1. The molecule has 0 N–H and O–H groups in total. The molecule has 0 fully saturated rings. The number of para-hydroxylation sites is 1. The van der Waals surface area contributed by atoms with Crippen LogP contribution in [0.5, 0.6) is 0 Å². The highest BCUT2D eigenvalue weighted by atomic mass is 32.2. The highest BCUT2D eigenvalue weighted by Crippen LogP contribution is 2.43. The molecule has 1 aliphatic heterocycles. The normalized spacial score (nSPS) is 13.4. The summed E-state index contributed by atoms with van der Waals surface area (Å²) >= 11 is 1.69. The third-order valence-corrected chi connectivity index (χ3v) is 7.67. The van der Waals surface area contributed by atoms with E-state index in [1.165, 1.54) is 4.90 Å². The molecular weight excluding hydrogens is 450 g/mol. The van der Waals surface area contributed by atoms with Gasteiger partial charge in [0.1, 0.15) is 0 Å². The van der Waals surface area contributed by atoms with Crippen molar-refractivity contribution in [2.24, 2.45) is 0 Å². The summed E-state index contributed by atoms with van der Waals surface area (Å²) in [5.74, 6) is -0.157. The molecule has 4 aromatic carbocycles. The van der Waals surface area contributed by atoms with E-state index >= 15 is 0 Å². The predicted octanol–water partition coefficient (Wildman–Crippen LogP) is 8.28. The first-order chi connectivity index (χ1) is 16.8. The quantitative estimate of drug-likeness (QED) is 0.213. The standard InChI is InChI=1S/C31H29NO2S/c1-18(2)20-11-8-12-21(19(3)4)29(20)32-30(33)25-14-9-13-24-22(16-17-26(28(24)25)31(32)34)23-10-6-7-15-27(23)35-5/h6-19H,1-5H3. The van der Waals surface area contributed by atoms with Gasteiger partial charge in [-0.25, -0.2) is 4.90 Å². The Kier molecular flexibility index (Phi) is 6.02. The first kappa shape index (κ1) is 23.4. The second-order valence-electron chi connectivity index (χ2n) is 9.63. The van der Waals surface area contributed by atoms with Gasteiger partial charge in [0.2, 0.25) is 0 Å². The van der Waals surface area contributed by atoms with E-state index < -0.39 is 0 Å². The summed E-state index contributed by atoms with van der Waals surface area (Å²) < 4.78 is 0. The smallest absolute Gasteiger partial charge is 0.266 e. The fourth-order valence-corrected chi connectivity index (χ4v) is 5.78. The van der Waals surface area contributed by atoms with E-state index in [1.54, 1.807) is 11.8 Å². The molecule has 1 heterocycles. The van der Waals surface area contributed by atoms with Crippen molar-refractivity contribution in [3.05, 3.63) is 95.1 Å². The molecule has 0 atom stereocenters. The fourth-order valence-electron chi connectivity index (χ4n) is 5.17. The molecular formula is C31H29NO2S. The van der Waals surface area contributed by atoms with Gasteiger partial charge in [-0.05, 0) is 63.9 Å². The molecule has 0 aliphatic carbocycles. The third kappa shape index (κ3) is 3.68. The van der Waals surface area contributed by atoms with Crippen LogP contribution in [0.25, 0.3) is 21.9 Å². The SMILES string of the molecule is CSc1ccccc1-c1ccc2c3c(cccc13)C(=O)N(c1c(C(C)C)cccc1C(C)C)C2=O. The van der Waals surface area contributed by atoms with Crippen LogP contribution in [0.15, 0.2) is 77.7 Å². The number of carbonyl (C=O) groups excluding carboxylic acids is 2. The largest absolute Gasteiger partial charge is 0.268 e. The minimum atomic E-state index is -0.251. The summed E-state index contributed by atoms with van der Waals surface area (Å²) in [7, 11) is 0. The maximum atomic E-state index is 14.0. The summed E-state index contributed by atoms with van der Waals surface area (Å²) in [4.78, 5) is 30.7. The monoisotopic (exact) mass is 479 g/mol. The van der Waals surface area contributed by atoms with Crippen molar-refractivity contribution in [3.8, 4) is 11.1 Å². The Morgan fingerprint density at radius 3 is 1.80 bits per heavy atom. The van der Waals surface area contributed by atoms with Gasteiger partial charge in [-0.3, -0.25) is 9.59 Å². The predicted molar refractivity (Wildman–Crippen MR) is 147 cm³/mol. The summed E-state index contributed by atoms with van der Waals surface area (Å²) in [5.41, 5.74) is 6.07. The van der Waals surface area contributed by atoms with Crippen LogP contribution in [0.2, 0.25) is 0 Å². The van der Waals surface area contributed by atoms with Gasteiger partial charge in [0.05, 0.1) is 5.69 Å². The molecule has 0 spiro atoms. The maximum Gasteiger partial charge on any atom is 0.266 e. The number of amides is 2. The van der Waals surface area contributed by atoms with Gasteiger partial charge in [0.15, 0.2) is 0 Å². The minimum Gasteiger partial charge on any atom is -0.268 e. The molecule has 0 radical (unpaired) electrons. The zero-order chi connectivity index (χ0) is 24.9. The molecule has 35 heavy (non-hydrogen) atoms. The van der Waals surface area contributed by atoms with Crippen LogP contribution in [0.4, 0.5) is 5.69 Å². The number of hydrogen-bond acceptors (Lipinski definition) is 3. The van der Waals surface area contributed by atoms with Gasteiger partial charge >= 0.3 is 0 Å². The average Bonchev–Trinajstić information content (AvgIpc) is 2.86. The molecule has 0 aromatic heterocycles. The van der Waals surface area contributed by atoms with E-state index in [9.17, 15) is 9.59 Å². The summed E-state index contributed by atoms with van der Waals surface area (Å²) in [6.07, 6.45) is 2.06. The number of anilines is 1. The Balaban J connectivity index is 1.77. The Morgan fingerprint density at radius 2 is 1.17 bits per heavy atom. The van der Waals surface area contributed by atoms with Crippen molar-refractivity contribution < 1.29 is 9.59 Å². The Hall–Kier alpha value is -3.37. The fraction of sp³-hybridized carbons (Fsp3) is 0.226. The number of hydrogen-bond donors (Lipinski definition) is 0. The van der Waals surface area contributed by atoms with Crippen LogP contribution in [0.1, 0.15) is 71.4 Å². The van der Waals surface area contributed by atoms with Crippen LogP contribution in [-0.4, -0.2) is 18.1 Å². The van der Waals surface area contributed by atoms with Crippen molar-refractivity contribution in [1.29, 1.82) is 0 Å². The van der Waals surface area contributed by atoms with Crippen molar-refractivity contribution in [2.45, 2.75) is 44.4 Å². The molecule has 3 nitrogen and oxygen atoms in total. The van der Waals surface area contributed by atoms with Crippen molar-refractivity contribution >= 4 is 40.0 Å². The zero-order valence-electron chi connectivity index (χ0n) is 20.8. The average molecular weight is 480 g/mol. The minimum absolute atomic E-state index is 0.173. The van der Waals surface area contributed by atoms with Crippen LogP contribution >= 0.6 is 11.8 Å². The van der Waals surface area contributed by atoms with Crippen molar-refractivity contribution in [3.63, 3.8) is 0 Å². The highest BCUT2D eigenvalue weighted by molar-refractivity contribution is 7.98. The molecule has 2 amide bonds. The number of benzene rings is 4. The molecule has 0 bridgehead atoms. The van der Waals surface area contributed by atoms with Crippen molar-refractivity contribution in [2.75, 3.05) is 11.2 Å². The van der Waals surface area contributed by atoms with Crippen LogP contribution in [-0.2, 0) is 0 Å². The van der Waals surface area contributed by atoms with E-state index in [0.717, 1.165) is 43.6 Å². The maximum absolute atomic E-state index is 14.0. The number of imide groups is 1. The highest BCUT2D eigenvalue weighted by Gasteiger charge is 2.37. The van der Waals surface area contributed by atoms with E-state index in [2.05, 4.69) is 46.1 Å². The van der Waals surface area contributed by atoms with Crippen LogP contribution in [0, 0.1) is 0 Å². The van der Waals surface area contributed by atoms with Gasteiger partial charge in [0.25, 0.3) is 11.8 Å². The number of thioether (sulfide) groups is 1. The van der Waals surface area contributed by atoms with Gasteiger partial charge in [-0.15, -0.1) is 11.8 Å². The molecule has 5 rings (SSSR count). The van der Waals surface area contributed by atoms with E-state index in [0.29, 0.717) is 11.1 Å². The molecule has 176 valence electrons. The molecule has 0 saturated carbocycles. The Labute approximate surface area is 211 Å². The molecule has 0 unspecified atom stereocenters. The molecule has 0 saturated heterocycles. The third-order valence-electron chi connectivity index (χ3n) is 6.87. The lowest BCUT2D eigenvalue weighted by atomic mass is 9.86. The van der Waals surface area contributed by atoms with E-state index in [-0.39, 0.29) is 23.7 Å². The van der Waals surface area contributed by atoms with Gasteiger partial charge < -0.3 is 0 Å². The lowest BCUT2D eigenvalue weighted by molar-refractivity contribution is 0.0893. The summed E-state index contributed by atoms with van der Waals surface area (Å²) in [5, 5.41) is 1.68. The van der Waals surface area contributed by atoms with E-state index in [4.69, 9.17) is 0 Å². The van der Waals surface area contributed by atoms with Crippen molar-refractivity contribution in [1.82, 2.24) is 0 Å². The van der Waals surface area contributed by atoms with E-state index in [1.807, 2.05) is 60.7 Å². The molecule has 1 aliphatic rings. The number of carbonyl (C=O) groups is 2. The van der Waals surface area contributed by atoms with Crippen LogP contribution in [0.3, 0.4) is 0 Å². The number of rotatable bonds is 5. The lowest BCUT2D eigenvalue weighted by Gasteiger charge is -2.32. The van der Waals surface area contributed by atoms with Gasteiger partial charge in [-0.1, -0.05) is 82.3 Å². The second kappa shape index (κ2) is 9.01. The lowest BCUT2D eigenvalue weighted by Crippen LogP contribution is -2.41. The second-order valence-corrected chi connectivity index (χ2v) is 10.5. The first-order valence-corrected chi connectivity index (χ1v) is 13.3. The van der Waals surface area contributed by atoms with Gasteiger partial charge in [0, 0.05) is 21.4 Å². The number of nitrogens with zero attached hydrogens (tertiary/aromatic N) is 1. The first-order valence-electron chi connectivity index (χ1n) is 12.1. The van der Waals surface area contributed by atoms with Gasteiger partial charge in [-0.2, -0.15) is 0 Å². The Morgan fingerprint density at radius 1 is 0.629 bits per heavy atom. The topological polar surface area (TPSA) is 37.4 Å². The zero-order valence-corrected chi connectivity index (χ0v) is 21.6. The van der Waals surface area contributed by atoms with Crippen LogP contribution < -0.4 is 4.90 Å². The molecule has 4 aromatic rings. The molecule has 4 heteroatoms. The Bertz CT molecular complexity index is 1440. The summed E-state index contributed by atoms with van der Waals surface area (Å²) in [6.45, 7) is 8.41.